The van der Waals surface area contributed by atoms with E-state index in [4.69, 9.17) is 4.42 Å². The first kappa shape index (κ1) is 13.8. The lowest BCUT2D eigenvalue weighted by molar-refractivity contribution is 0.178. The van der Waals surface area contributed by atoms with Gasteiger partial charge in [-0.15, -0.1) is 0 Å². The molecule has 1 aromatic heterocycles. The maximum Gasteiger partial charge on any atom is 0.122 e. The van der Waals surface area contributed by atoms with Gasteiger partial charge < -0.3 is 14.6 Å². The Labute approximate surface area is 127 Å². The SMILES string of the molecule is c1coc(C(CNC2CCN3CCC2C3)N2CCCC2)c1. The molecule has 4 heteroatoms. The molecule has 0 amide bonds. The fourth-order valence-electron chi connectivity index (χ4n) is 4.43. The molecule has 0 aliphatic carbocycles. The van der Waals surface area contributed by atoms with Crippen molar-refractivity contribution in [3.63, 3.8) is 0 Å². The summed E-state index contributed by atoms with van der Waals surface area (Å²) < 4.78 is 5.72. The van der Waals surface area contributed by atoms with Crippen LogP contribution in [0.1, 0.15) is 37.5 Å². The Morgan fingerprint density at radius 1 is 1.19 bits per heavy atom. The third-order valence-electron chi connectivity index (χ3n) is 5.66. The quantitative estimate of drug-likeness (QED) is 0.899. The first-order valence-corrected chi connectivity index (χ1v) is 8.63. The van der Waals surface area contributed by atoms with Gasteiger partial charge in [0, 0.05) is 19.1 Å². The molecule has 4 heterocycles. The van der Waals surface area contributed by atoms with Gasteiger partial charge in [-0.05, 0) is 69.9 Å². The highest BCUT2D eigenvalue weighted by atomic mass is 16.3. The molecule has 21 heavy (non-hydrogen) atoms. The van der Waals surface area contributed by atoms with Crippen LogP contribution in [0, 0.1) is 5.92 Å². The van der Waals surface area contributed by atoms with E-state index in [9.17, 15) is 0 Å². The molecule has 2 bridgehead atoms. The zero-order valence-electron chi connectivity index (χ0n) is 12.8. The maximum atomic E-state index is 5.72. The monoisotopic (exact) mass is 289 g/mol. The standard InChI is InChI=1S/C17H27N3O/c1-2-8-20(7-1)16(17-4-3-11-21-17)12-18-15-6-10-19-9-5-14(15)13-19/h3-4,11,14-16,18H,1-2,5-10,12-13H2. The summed E-state index contributed by atoms with van der Waals surface area (Å²) in [6, 6.07) is 5.29. The number of nitrogens with one attached hydrogen (secondary N) is 1. The third-order valence-corrected chi connectivity index (χ3v) is 5.66. The van der Waals surface area contributed by atoms with Crippen LogP contribution in [0.2, 0.25) is 0 Å². The molecule has 4 nitrogen and oxygen atoms in total. The molecular formula is C17H27N3O. The fraction of sp³-hybridized carbons (Fsp3) is 0.765. The number of hydrogen-bond acceptors (Lipinski definition) is 4. The Kier molecular flexibility index (Phi) is 4.01. The van der Waals surface area contributed by atoms with Gasteiger partial charge in [0.15, 0.2) is 0 Å². The van der Waals surface area contributed by atoms with Crippen molar-refractivity contribution in [2.45, 2.75) is 37.8 Å². The fourth-order valence-corrected chi connectivity index (χ4v) is 4.43. The lowest BCUT2D eigenvalue weighted by atomic mass is 9.94. The van der Waals surface area contributed by atoms with Gasteiger partial charge in [-0.2, -0.15) is 0 Å². The largest absolute Gasteiger partial charge is 0.468 e. The highest BCUT2D eigenvalue weighted by molar-refractivity contribution is 5.06. The summed E-state index contributed by atoms with van der Waals surface area (Å²) in [6.45, 7) is 7.38. The van der Waals surface area contributed by atoms with Gasteiger partial charge in [0.2, 0.25) is 0 Å². The van der Waals surface area contributed by atoms with E-state index in [2.05, 4.69) is 21.2 Å². The molecule has 1 aromatic rings. The van der Waals surface area contributed by atoms with Gasteiger partial charge in [-0.3, -0.25) is 4.90 Å². The molecule has 0 spiro atoms. The number of fused-ring (bicyclic) bond motifs is 2. The van der Waals surface area contributed by atoms with Crippen LogP contribution < -0.4 is 5.32 Å². The predicted octanol–water partition coefficient (Wildman–Crippen LogP) is 2.10. The summed E-state index contributed by atoms with van der Waals surface area (Å²) in [6.07, 6.45) is 7.17. The Balaban J connectivity index is 1.40. The van der Waals surface area contributed by atoms with Crippen molar-refractivity contribution in [2.75, 3.05) is 39.3 Å². The van der Waals surface area contributed by atoms with E-state index in [0.717, 1.165) is 18.2 Å². The predicted molar refractivity (Wildman–Crippen MR) is 83.2 cm³/mol. The lowest BCUT2D eigenvalue weighted by Gasteiger charge is -2.34. The second-order valence-corrected chi connectivity index (χ2v) is 6.93. The molecule has 116 valence electrons. The summed E-state index contributed by atoms with van der Waals surface area (Å²) in [5.41, 5.74) is 0. The van der Waals surface area contributed by atoms with Crippen molar-refractivity contribution in [3.8, 4) is 0 Å². The van der Waals surface area contributed by atoms with Gasteiger partial charge >= 0.3 is 0 Å². The minimum Gasteiger partial charge on any atom is -0.468 e. The Morgan fingerprint density at radius 2 is 2.05 bits per heavy atom. The van der Waals surface area contributed by atoms with Crippen molar-refractivity contribution in [2.24, 2.45) is 5.92 Å². The first-order valence-electron chi connectivity index (χ1n) is 8.63. The number of likely N-dealkylation sites (tertiary alicyclic amines) is 1. The minimum absolute atomic E-state index is 0.418. The van der Waals surface area contributed by atoms with Crippen molar-refractivity contribution in [1.29, 1.82) is 0 Å². The van der Waals surface area contributed by atoms with Gasteiger partial charge in [-0.1, -0.05) is 0 Å². The van der Waals surface area contributed by atoms with Gasteiger partial charge in [0.1, 0.15) is 5.76 Å². The second kappa shape index (κ2) is 6.11. The molecule has 0 saturated carbocycles. The zero-order valence-corrected chi connectivity index (χ0v) is 12.8. The van der Waals surface area contributed by atoms with Gasteiger partial charge in [-0.25, -0.2) is 0 Å². The third kappa shape index (κ3) is 2.89. The molecule has 4 atom stereocenters. The van der Waals surface area contributed by atoms with E-state index in [0.29, 0.717) is 12.1 Å². The lowest BCUT2D eigenvalue weighted by Crippen LogP contribution is -2.46. The molecule has 1 N–H and O–H groups in total. The number of rotatable bonds is 5. The summed E-state index contributed by atoms with van der Waals surface area (Å²) in [5.74, 6) is 2.00. The van der Waals surface area contributed by atoms with E-state index in [1.54, 1.807) is 0 Å². The van der Waals surface area contributed by atoms with E-state index < -0.39 is 0 Å². The smallest absolute Gasteiger partial charge is 0.122 e. The topological polar surface area (TPSA) is 31.7 Å². The summed E-state index contributed by atoms with van der Waals surface area (Å²) >= 11 is 0. The van der Waals surface area contributed by atoms with Crippen LogP contribution in [-0.4, -0.2) is 55.1 Å². The molecule has 3 aliphatic rings. The van der Waals surface area contributed by atoms with Crippen molar-refractivity contribution in [3.05, 3.63) is 24.2 Å². The molecule has 3 fully saturated rings. The molecule has 3 aliphatic heterocycles. The van der Waals surface area contributed by atoms with Crippen LogP contribution >= 0.6 is 0 Å². The van der Waals surface area contributed by atoms with Crippen molar-refractivity contribution in [1.82, 2.24) is 15.1 Å². The van der Waals surface area contributed by atoms with Gasteiger partial charge in [0.05, 0.1) is 12.3 Å². The van der Waals surface area contributed by atoms with Crippen LogP contribution in [0.25, 0.3) is 0 Å². The molecule has 0 aromatic carbocycles. The Hall–Kier alpha value is -0.840. The average molecular weight is 289 g/mol. The number of nitrogens with zero attached hydrogens (tertiary/aromatic N) is 2. The highest BCUT2D eigenvalue weighted by Crippen LogP contribution is 2.29. The van der Waals surface area contributed by atoms with Crippen LogP contribution in [0.4, 0.5) is 0 Å². The van der Waals surface area contributed by atoms with Crippen LogP contribution in [0.15, 0.2) is 22.8 Å². The summed E-state index contributed by atoms with van der Waals surface area (Å²) in [7, 11) is 0. The molecule has 0 radical (unpaired) electrons. The van der Waals surface area contributed by atoms with Crippen molar-refractivity contribution < 1.29 is 4.42 Å². The van der Waals surface area contributed by atoms with Crippen LogP contribution in [0.5, 0.6) is 0 Å². The van der Waals surface area contributed by atoms with Crippen LogP contribution in [-0.2, 0) is 0 Å². The minimum atomic E-state index is 0.418. The second-order valence-electron chi connectivity index (χ2n) is 6.93. The van der Waals surface area contributed by atoms with Gasteiger partial charge in [0.25, 0.3) is 0 Å². The van der Waals surface area contributed by atoms with E-state index in [1.807, 2.05) is 12.3 Å². The zero-order chi connectivity index (χ0) is 14.1. The Morgan fingerprint density at radius 3 is 2.86 bits per heavy atom. The van der Waals surface area contributed by atoms with E-state index in [-0.39, 0.29) is 0 Å². The highest BCUT2D eigenvalue weighted by Gasteiger charge is 2.35. The number of hydrogen-bond donors (Lipinski definition) is 1. The number of furan rings is 1. The van der Waals surface area contributed by atoms with E-state index >= 15 is 0 Å². The normalized spacial score (nSPS) is 34.4. The Bertz CT molecular complexity index is 441. The summed E-state index contributed by atoms with van der Waals surface area (Å²) in [4.78, 5) is 5.21. The maximum absolute atomic E-state index is 5.72. The first-order chi connectivity index (χ1) is 10.4. The average Bonchev–Trinajstić information content (AvgIpc) is 3.24. The molecule has 4 rings (SSSR count). The van der Waals surface area contributed by atoms with E-state index in [1.165, 1.54) is 58.4 Å². The van der Waals surface area contributed by atoms with Crippen molar-refractivity contribution >= 4 is 0 Å². The molecular weight excluding hydrogens is 262 g/mol. The summed E-state index contributed by atoms with van der Waals surface area (Å²) in [5, 5.41) is 3.89. The van der Waals surface area contributed by atoms with Crippen LogP contribution in [0.3, 0.4) is 0 Å². The molecule has 4 unspecified atom stereocenters. The molecule has 3 saturated heterocycles. The number of piperidine rings is 1.